The molecule has 0 fully saturated rings. The zero-order valence-corrected chi connectivity index (χ0v) is 10.7. The predicted molar refractivity (Wildman–Crippen MR) is 57.1 cm³/mol. The highest BCUT2D eigenvalue weighted by atomic mass is 33.2. The van der Waals surface area contributed by atoms with Crippen LogP contribution in [0.15, 0.2) is 0 Å². The average Bonchev–Trinajstić information content (AvgIpc) is 2.10. The van der Waals surface area contributed by atoms with Gasteiger partial charge in [0.25, 0.3) is 0 Å². The summed E-state index contributed by atoms with van der Waals surface area (Å²) in [6, 6.07) is 0. The van der Waals surface area contributed by atoms with Crippen LogP contribution in [0.4, 0.5) is 0 Å². The summed E-state index contributed by atoms with van der Waals surface area (Å²) in [6.07, 6.45) is 0. The molecule has 0 spiro atoms. The highest BCUT2D eigenvalue weighted by Gasteiger charge is 2.33. The molecule has 0 aromatic heterocycles. The first-order valence-electron chi connectivity index (χ1n) is 4.29. The SMILES string of the molecule is CC(C)(N)COS(=O)(=O)S(=O)(=O)OCCN. The van der Waals surface area contributed by atoms with Crippen LogP contribution in [-0.2, 0) is 26.7 Å². The van der Waals surface area contributed by atoms with Crippen LogP contribution in [0.2, 0.25) is 0 Å². The minimum absolute atomic E-state index is 0.128. The molecule has 0 rings (SSSR count). The van der Waals surface area contributed by atoms with Gasteiger partial charge in [-0.15, -0.1) is 0 Å². The number of hydrogen-bond acceptors (Lipinski definition) is 8. The molecule has 0 atom stereocenters. The molecule has 0 saturated carbocycles. The Balaban J connectivity index is 4.68. The molecule has 0 aliphatic heterocycles. The Morgan fingerprint density at radius 3 is 1.88 bits per heavy atom. The van der Waals surface area contributed by atoms with E-state index in [9.17, 15) is 16.8 Å². The summed E-state index contributed by atoms with van der Waals surface area (Å²) in [5.74, 6) is 0. The molecule has 4 N–H and O–H groups in total. The quantitative estimate of drug-likeness (QED) is 0.524. The van der Waals surface area contributed by atoms with E-state index in [0.717, 1.165) is 0 Å². The first kappa shape index (κ1) is 15.7. The summed E-state index contributed by atoms with van der Waals surface area (Å²) >= 11 is 0. The monoisotopic (exact) mass is 276 g/mol. The maximum atomic E-state index is 11.2. The van der Waals surface area contributed by atoms with Gasteiger partial charge >= 0.3 is 18.3 Å². The van der Waals surface area contributed by atoms with Gasteiger partial charge < -0.3 is 11.5 Å². The van der Waals surface area contributed by atoms with Gasteiger partial charge in [-0.05, 0) is 13.8 Å². The largest absolute Gasteiger partial charge is 0.400 e. The molecule has 8 nitrogen and oxygen atoms in total. The molecule has 0 aromatic carbocycles. The minimum Gasteiger partial charge on any atom is -0.328 e. The number of nitrogens with two attached hydrogens (primary N) is 2. The fourth-order valence-electron chi connectivity index (χ4n) is 0.492. The second-order valence-corrected chi connectivity index (χ2v) is 8.23. The Labute approximate surface area is 94.5 Å². The average molecular weight is 276 g/mol. The maximum absolute atomic E-state index is 11.2. The standard InChI is InChI=1S/C6H16N2O6S2/c1-6(2,8)5-14-16(11,12)15(9,10)13-4-3-7/h3-5,7-8H2,1-2H3. The van der Waals surface area contributed by atoms with Crippen LogP contribution in [0.1, 0.15) is 13.8 Å². The van der Waals surface area contributed by atoms with Crippen molar-refractivity contribution in [3.05, 3.63) is 0 Å². The first-order chi connectivity index (χ1) is 7.02. The highest BCUT2D eigenvalue weighted by molar-refractivity contribution is 8.63. The van der Waals surface area contributed by atoms with Gasteiger partial charge in [-0.1, -0.05) is 0 Å². The van der Waals surface area contributed by atoms with Crippen molar-refractivity contribution in [1.29, 1.82) is 0 Å². The van der Waals surface area contributed by atoms with E-state index in [-0.39, 0.29) is 6.54 Å². The molecule has 0 bridgehead atoms. The summed E-state index contributed by atoms with van der Waals surface area (Å²) < 4.78 is 52.9. The van der Waals surface area contributed by atoms with E-state index >= 15 is 0 Å². The van der Waals surface area contributed by atoms with Crippen molar-refractivity contribution >= 4 is 18.3 Å². The molecular formula is C6H16N2O6S2. The van der Waals surface area contributed by atoms with Crippen molar-refractivity contribution in [2.45, 2.75) is 19.4 Å². The van der Waals surface area contributed by atoms with Gasteiger partial charge in [-0.3, -0.25) is 8.37 Å². The third kappa shape index (κ3) is 5.18. The molecule has 0 aromatic rings. The Kier molecular flexibility index (Phi) is 5.29. The molecule has 0 aliphatic carbocycles. The van der Waals surface area contributed by atoms with Gasteiger partial charge in [0.15, 0.2) is 0 Å². The third-order valence-electron chi connectivity index (χ3n) is 1.17. The Bertz CT molecular complexity index is 407. The highest BCUT2D eigenvalue weighted by Crippen LogP contribution is 2.10. The second-order valence-electron chi connectivity index (χ2n) is 3.68. The summed E-state index contributed by atoms with van der Waals surface area (Å²) in [5.41, 5.74) is 9.44. The molecule has 0 saturated heterocycles. The zero-order chi connectivity index (χ0) is 13.0. The van der Waals surface area contributed by atoms with Gasteiger partial charge in [0.2, 0.25) is 0 Å². The fourth-order valence-corrected chi connectivity index (χ4v) is 2.53. The van der Waals surface area contributed by atoms with Gasteiger partial charge in [-0.25, -0.2) is 0 Å². The summed E-state index contributed by atoms with van der Waals surface area (Å²) in [5, 5.41) is 0. The number of rotatable bonds is 7. The molecule has 10 heteroatoms. The van der Waals surface area contributed by atoms with E-state index in [4.69, 9.17) is 11.5 Å². The zero-order valence-electron chi connectivity index (χ0n) is 9.04. The number of hydrogen-bond donors (Lipinski definition) is 2. The molecule has 16 heavy (non-hydrogen) atoms. The Morgan fingerprint density at radius 1 is 1.06 bits per heavy atom. The fraction of sp³-hybridized carbons (Fsp3) is 1.00. The van der Waals surface area contributed by atoms with Crippen LogP contribution in [-0.4, -0.2) is 42.1 Å². The van der Waals surface area contributed by atoms with Crippen LogP contribution >= 0.6 is 0 Å². The van der Waals surface area contributed by atoms with Crippen LogP contribution in [0.3, 0.4) is 0 Å². The lowest BCUT2D eigenvalue weighted by Gasteiger charge is -2.17. The molecular weight excluding hydrogens is 260 g/mol. The van der Waals surface area contributed by atoms with Crippen LogP contribution in [0.25, 0.3) is 0 Å². The Hall–Kier alpha value is -0.260. The van der Waals surface area contributed by atoms with E-state index in [2.05, 4.69) is 8.37 Å². The van der Waals surface area contributed by atoms with Crippen molar-refractivity contribution in [2.24, 2.45) is 11.5 Å². The van der Waals surface area contributed by atoms with E-state index in [1.807, 2.05) is 0 Å². The van der Waals surface area contributed by atoms with Crippen molar-refractivity contribution in [2.75, 3.05) is 19.8 Å². The molecule has 0 radical (unpaired) electrons. The lowest BCUT2D eigenvalue weighted by atomic mass is 10.1. The topological polar surface area (TPSA) is 139 Å². The van der Waals surface area contributed by atoms with Gasteiger partial charge in [0, 0.05) is 12.1 Å². The smallest absolute Gasteiger partial charge is 0.328 e. The van der Waals surface area contributed by atoms with Crippen molar-refractivity contribution in [1.82, 2.24) is 0 Å². The van der Waals surface area contributed by atoms with Crippen molar-refractivity contribution in [3.8, 4) is 0 Å². The summed E-state index contributed by atoms with van der Waals surface area (Å²) in [4.78, 5) is 0. The summed E-state index contributed by atoms with van der Waals surface area (Å²) in [6.45, 7) is 1.93. The summed E-state index contributed by atoms with van der Waals surface area (Å²) in [7, 11) is -9.68. The van der Waals surface area contributed by atoms with Gasteiger partial charge in [0.1, 0.15) is 0 Å². The van der Waals surface area contributed by atoms with Gasteiger partial charge in [-0.2, -0.15) is 16.8 Å². The second kappa shape index (κ2) is 5.38. The van der Waals surface area contributed by atoms with Crippen LogP contribution in [0.5, 0.6) is 0 Å². The van der Waals surface area contributed by atoms with E-state index in [1.54, 1.807) is 0 Å². The van der Waals surface area contributed by atoms with Crippen LogP contribution < -0.4 is 11.5 Å². The van der Waals surface area contributed by atoms with E-state index in [0.29, 0.717) is 0 Å². The minimum atomic E-state index is -4.85. The maximum Gasteiger partial charge on any atom is 0.400 e. The normalized spacial score (nSPS) is 14.0. The van der Waals surface area contributed by atoms with Crippen LogP contribution in [0, 0.1) is 0 Å². The predicted octanol–water partition coefficient (Wildman–Crippen LogP) is -1.71. The lowest BCUT2D eigenvalue weighted by Crippen LogP contribution is -2.39. The lowest BCUT2D eigenvalue weighted by molar-refractivity contribution is 0.249. The third-order valence-corrected chi connectivity index (χ3v) is 4.61. The Morgan fingerprint density at radius 2 is 1.50 bits per heavy atom. The molecule has 0 unspecified atom stereocenters. The first-order valence-corrected chi connectivity index (χ1v) is 7.63. The molecule has 98 valence electrons. The van der Waals surface area contributed by atoms with Gasteiger partial charge in [0.05, 0.1) is 13.2 Å². The molecule has 0 heterocycles. The molecule has 0 aliphatic rings. The van der Waals surface area contributed by atoms with Crippen molar-refractivity contribution in [3.63, 3.8) is 0 Å². The van der Waals surface area contributed by atoms with E-state index in [1.165, 1.54) is 13.8 Å². The van der Waals surface area contributed by atoms with E-state index < -0.39 is 37.1 Å². The molecule has 0 amide bonds. The van der Waals surface area contributed by atoms with Crippen molar-refractivity contribution < 1.29 is 25.2 Å².